The molecule has 0 aromatic carbocycles. The van der Waals surface area contributed by atoms with Crippen LogP contribution in [0.25, 0.3) is 0 Å². The molecule has 2 rings (SSSR count). The second-order valence-corrected chi connectivity index (χ2v) is 6.84. The van der Waals surface area contributed by atoms with Crippen LogP contribution in [-0.4, -0.2) is 38.9 Å². The Balaban J connectivity index is 2.44. The Bertz CT molecular complexity index is 420. The molecule has 0 aromatic heterocycles. The second-order valence-electron chi connectivity index (χ2n) is 6.84. The number of aliphatic hydroxyl groups is 3. The van der Waals surface area contributed by atoms with E-state index in [2.05, 4.69) is 0 Å². The lowest BCUT2D eigenvalue weighted by molar-refractivity contribution is -0.164. The Morgan fingerprint density at radius 2 is 1.95 bits per heavy atom. The summed E-state index contributed by atoms with van der Waals surface area (Å²) in [4.78, 5) is 11.9. The summed E-state index contributed by atoms with van der Waals surface area (Å²) in [5, 5.41) is 31.2. The molecule has 2 aliphatic rings. The van der Waals surface area contributed by atoms with Gasteiger partial charge in [0.1, 0.15) is 0 Å². The van der Waals surface area contributed by atoms with Crippen molar-refractivity contribution in [3.63, 3.8) is 0 Å². The lowest BCUT2D eigenvalue weighted by atomic mass is 9.57. The van der Waals surface area contributed by atoms with E-state index in [4.69, 9.17) is 0 Å². The molecule has 0 aliphatic heterocycles. The predicted molar refractivity (Wildman–Crippen MR) is 71.4 cm³/mol. The van der Waals surface area contributed by atoms with Crippen molar-refractivity contribution in [2.75, 3.05) is 0 Å². The number of ketones is 1. The molecule has 1 fully saturated rings. The van der Waals surface area contributed by atoms with E-state index in [0.717, 1.165) is 0 Å². The minimum absolute atomic E-state index is 0.0227. The fraction of sp³-hybridized carbons (Fsp3) is 0.800. The first-order valence-electron chi connectivity index (χ1n) is 6.91. The standard InChI is InChI=1S/C15H24O4/c1-8-6-15(7-12(8)17)9(2)11(16)5-10(13(15)18)14(3,4)19/h6,9-11,13,16,18-19H,5,7H2,1-4H3/t9-,10-,11+,13-,15+/m1/s1. The van der Waals surface area contributed by atoms with E-state index in [-0.39, 0.29) is 18.1 Å². The molecule has 0 unspecified atom stereocenters. The van der Waals surface area contributed by atoms with E-state index in [1.165, 1.54) is 0 Å². The molecule has 1 spiro atoms. The average molecular weight is 268 g/mol. The van der Waals surface area contributed by atoms with Crippen LogP contribution in [0.3, 0.4) is 0 Å². The van der Waals surface area contributed by atoms with Crippen molar-refractivity contribution in [3.05, 3.63) is 11.6 Å². The van der Waals surface area contributed by atoms with E-state index in [0.29, 0.717) is 12.0 Å². The largest absolute Gasteiger partial charge is 0.393 e. The number of carbonyl (C=O) groups excluding carboxylic acids is 1. The normalized spacial score (nSPS) is 43.7. The molecule has 0 heterocycles. The highest BCUT2D eigenvalue weighted by Gasteiger charge is 2.57. The molecule has 4 heteroatoms. The van der Waals surface area contributed by atoms with Crippen molar-refractivity contribution in [3.8, 4) is 0 Å². The van der Waals surface area contributed by atoms with Crippen molar-refractivity contribution in [2.45, 2.75) is 58.3 Å². The molecule has 3 N–H and O–H groups in total. The summed E-state index contributed by atoms with van der Waals surface area (Å²) in [5.74, 6) is -0.606. The molecule has 4 nitrogen and oxygen atoms in total. The van der Waals surface area contributed by atoms with Crippen molar-refractivity contribution >= 4 is 5.78 Å². The van der Waals surface area contributed by atoms with E-state index in [9.17, 15) is 20.1 Å². The molecule has 0 bridgehead atoms. The van der Waals surface area contributed by atoms with Gasteiger partial charge in [-0.3, -0.25) is 4.79 Å². The fourth-order valence-electron chi connectivity index (χ4n) is 3.70. The highest BCUT2D eigenvalue weighted by atomic mass is 16.3. The molecule has 0 amide bonds. The third kappa shape index (κ3) is 2.16. The van der Waals surface area contributed by atoms with Crippen LogP contribution in [0.15, 0.2) is 11.6 Å². The molecule has 1 saturated carbocycles. The van der Waals surface area contributed by atoms with Crippen LogP contribution in [0.4, 0.5) is 0 Å². The molecule has 2 aliphatic carbocycles. The van der Waals surface area contributed by atoms with Crippen LogP contribution in [-0.2, 0) is 4.79 Å². The quantitative estimate of drug-likeness (QED) is 0.664. The monoisotopic (exact) mass is 268 g/mol. The van der Waals surface area contributed by atoms with Gasteiger partial charge in [0.2, 0.25) is 0 Å². The van der Waals surface area contributed by atoms with Gasteiger partial charge in [0.05, 0.1) is 17.8 Å². The van der Waals surface area contributed by atoms with E-state index < -0.39 is 29.1 Å². The Labute approximate surface area is 114 Å². The molecular formula is C15H24O4. The van der Waals surface area contributed by atoms with Crippen molar-refractivity contribution in [1.29, 1.82) is 0 Å². The molecular weight excluding hydrogens is 244 g/mol. The second kappa shape index (κ2) is 4.40. The summed E-state index contributed by atoms with van der Waals surface area (Å²) >= 11 is 0. The van der Waals surface area contributed by atoms with Gasteiger partial charge in [0, 0.05) is 17.8 Å². The van der Waals surface area contributed by atoms with Crippen LogP contribution < -0.4 is 0 Å². The van der Waals surface area contributed by atoms with Gasteiger partial charge in [0.25, 0.3) is 0 Å². The maximum atomic E-state index is 11.9. The summed E-state index contributed by atoms with van der Waals surface area (Å²) in [6.45, 7) is 6.91. The summed E-state index contributed by atoms with van der Waals surface area (Å²) < 4.78 is 0. The third-order valence-electron chi connectivity index (χ3n) is 5.15. The number of rotatable bonds is 1. The third-order valence-corrected chi connectivity index (χ3v) is 5.15. The van der Waals surface area contributed by atoms with Gasteiger partial charge in [-0.05, 0) is 38.7 Å². The minimum atomic E-state index is -1.08. The molecule has 19 heavy (non-hydrogen) atoms. The maximum Gasteiger partial charge on any atom is 0.159 e. The van der Waals surface area contributed by atoms with Gasteiger partial charge in [0.15, 0.2) is 5.78 Å². The first kappa shape index (κ1) is 14.7. The van der Waals surface area contributed by atoms with E-state index in [1.54, 1.807) is 20.8 Å². The lowest BCUT2D eigenvalue weighted by Gasteiger charge is -2.51. The molecule has 108 valence electrons. The smallest absolute Gasteiger partial charge is 0.159 e. The van der Waals surface area contributed by atoms with Gasteiger partial charge < -0.3 is 15.3 Å². The Kier molecular flexibility index (Phi) is 3.40. The van der Waals surface area contributed by atoms with Crippen LogP contribution in [0.5, 0.6) is 0 Å². The minimum Gasteiger partial charge on any atom is -0.393 e. The molecule has 0 aromatic rings. The Morgan fingerprint density at radius 3 is 2.37 bits per heavy atom. The van der Waals surface area contributed by atoms with Crippen molar-refractivity contribution in [1.82, 2.24) is 0 Å². The van der Waals surface area contributed by atoms with Crippen LogP contribution >= 0.6 is 0 Å². The first-order valence-corrected chi connectivity index (χ1v) is 6.91. The number of allylic oxidation sites excluding steroid dienone is 1. The zero-order chi connectivity index (χ0) is 14.6. The van der Waals surface area contributed by atoms with E-state index >= 15 is 0 Å². The predicted octanol–water partition coefficient (Wildman–Crippen LogP) is 1.04. The van der Waals surface area contributed by atoms with Gasteiger partial charge >= 0.3 is 0 Å². The van der Waals surface area contributed by atoms with Gasteiger partial charge in [-0.25, -0.2) is 0 Å². The van der Waals surface area contributed by atoms with Gasteiger partial charge in [-0.1, -0.05) is 13.0 Å². The Hall–Kier alpha value is -0.710. The summed E-state index contributed by atoms with van der Waals surface area (Å²) in [5.41, 5.74) is -1.17. The lowest BCUT2D eigenvalue weighted by Crippen LogP contribution is -2.57. The zero-order valence-corrected chi connectivity index (χ0v) is 12.1. The SMILES string of the molecule is CC1=C[C@]2(CC1=O)[C@H](C)[C@@H](O)C[C@@H](C(C)(C)O)[C@H]2O. The maximum absolute atomic E-state index is 11.9. The number of hydrogen-bond donors (Lipinski definition) is 3. The highest BCUT2D eigenvalue weighted by molar-refractivity contribution is 5.98. The number of hydrogen-bond acceptors (Lipinski definition) is 4. The van der Waals surface area contributed by atoms with Crippen LogP contribution in [0, 0.1) is 17.3 Å². The summed E-state index contributed by atoms with van der Waals surface area (Å²) in [6.07, 6.45) is 0.965. The topological polar surface area (TPSA) is 77.8 Å². The number of aliphatic hydroxyl groups excluding tert-OH is 2. The van der Waals surface area contributed by atoms with Crippen LogP contribution in [0.1, 0.15) is 40.5 Å². The first-order chi connectivity index (χ1) is 8.59. The number of Topliss-reactive ketones (excluding diaryl/α,β-unsaturated/α-hetero) is 1. The van der Waals surface area contributed by atoms with Crippen LogP contribution in [0.2, 0.25) is 0 Å². The highest BCUT2D eigenvalue weighted by Crippen LogP contribution is 2.53. The molecule has 5 atom stereocenters. The Morgan fingerprint density at radius 1 is 1.37 bits per heavy atom. The fourth-order valence-corrected chi connectivity index (χ4v) is 3.70. The number of carbonyl (C=O) groups is 1. The molecule has 0 saturated heterocycles. The summed E-state index contributed by atoms with van der Waals surface area (Å²) in [7, 11) is 0. The van der Waals surface area contributed by atoms with Gasteiger partial charge in [-0.2, -0.15) is 0 Å². The molecule has 0 radical (unpaired) electrons. The average Bonchev–Trinajstić information content (AvgIpc) is 2.58. The van der Waals surface area contributed by atoms with E-state index in [1.807, 2.05) is 13.0 Å². The zero-order valence-electron chi connectivity index (χ0n) is 12.1. The van der Waals surface area contributed by atoms with Crippen molar-refractivity contribution < 1.29 is 20.1 Å². The van der Waals surface area contributed by atoms with Crippen molar-refractivity contribution in [2.24, 2.45) is 17.3 Å². The van der Waals surface area contributed by atoms with Gasteiger partial charge in [-0.15, -0.1) is 0 Å². The summed E-state index contributed by atoms with van der Waals surface area (Å²) in [6, 6.07) is 0.